The number of pyridine rings is 1. The van der Waals surface area contributed by atoms with Crippen molar-refractivity contribution in [3.05, 3.63) is 96.7 Å². The van der Waals surface area contributed by atoms with Crippen molar-refractivity contribution < 1.29 is 25.8 Å². The van der Waals surface area contributed by atoms with E-state index in [-0.39, 0.29) is 36.7 Å². The smallest absolute Gasteiger partial charge is 0.0434 e. The molecule has 0 bridgehead atoms. The standard InChI is InChI=1S/C31H39N2Si.3C4H11Si.Hf/c1-30(2,3)23-15-16-25-22(18-23)17-21-13-14-24(31(4,5)6)19-26(21)29(25)27-11-10-12-28(33-27)32-20-34(7,8)9;3*1-5(2,3)4;/h10-19H,20H2,1-9H3;3*1H2,2-4H3;/q4*-1;. The van der Waals surface area contributed by atoms with Gasteiger partial charge in [0.1, 0.15) is 0 Å². The summed E-state index contributed by atoms with van der Waals surface area (Å²) >= 11 is 0. The van der Waals surface area contributed by atoms with E-state index in [9.17, 15) is 0 Å². The number of benzene rings is 3. The quantitative estimate of drug-likeness (QED) is 0.114. The predicted molar refractivity (Wildman–Crippen MR) is 239 cm³/mol. The molecule has 0 aliphatic heterocycles. The summed E-state index contributed by atoms with van der Waals surface area (Å²) in [6.45, 7) is 52.4. The summed E-state index contributed by atoms with van der Waals surface area (Å²) in [6.07, 6.45) is 0.892. The van der Waals surface area contributed by atoms with Gasteiger partial charge in [-0.3, -0.25) is 0 Å². The number of fused-ring (bicyclic) bond motifs is 2. The summed E-state index contributed by atoms with van der Waals surface area (Å²) in [5.41, 5.74) is 5.09. The van der Waals surface area contributed by atoms with Crippen LogP contribution >= 0.6 is 0 Å². The molecule has 0 saturated carbocycles. The molecule has 0 amide bonds. The average molecular weight is 908 g/mol. The van der Waals surface area contributed by atoms with Crippen LogP contribution in [0.3, 0.4) is 0 Å². The molecule has 0 aliphatic carbocycles. The summed E-state index contributed by atoms with van der Waals surface area (Å²) in [4.78, 5) is 5.06. The fraction of sp³-hybridized carbons (Fsp3) is 0.488. The fourth-order valence-electron chi connectivity index (χ4n) is 4.30. The van der Waals surface area contributed by atoms with E-state index in [4.69, 9.17) is 10.3 Å². The van der Waals surface area contributed by atoms with Crippen LogP contribution in [-0.4, -0.2) is 43.4 Å². The molecule has 278 valence electrons. The summed E-state index contributed by atoms with van der Waals surface area (Å²) in [5.74, 6) is 0.836. The van der Waals surface area contributed by atoms with E-state index in [1.54, 1.807) is 0 Å². The molecule has 0 aliphatic rings. The minimum Gasteiger partial charge on any atom is -0.468 e. The van der Waals surface area contributed by atoms with Gasteiger partial charge in [-0.05, 0) is 66.9 Å². The monoisotopic (exact) mass is 908 g/mol. The molecule has 0 fully saturated rings. The molecule has 3 aromatic carbocycles. The SMILES string of the molecule is CC(C)(C)c1ccc2c(-c3cccc([N-]C[Si](C)(C)C)n3)c3cc(C(C)(C)C)ccc3cc2c1.[CH2-][Si](C)(C)C.[CH2-][Si](C)(C)C.[CH2-][Si](C)(C)C.[Hf]. The van der Waals surface area contributed by atoms with E-state index in [2.05, 4.69) is 194 Å². The minimum atomic E-state index is -1.28. The van der Waals surface area contributed by atoms with E-state index in [0.717, 1.165) is 17.7 Å². The number of hydrogen-bond donors (Lipinski definition) is 0. The van der Waals surface area contributed by atoms with Crippen LogP contribution < -0.4 is 0 Å². The molecule has 0 radical (unpaired) electrons. The number of nitrogens with zero attached hydrogens (tertiary/aromatic N) is 2. The molecule has 0 unspecified atom stereocenters. The Hall–Kier alpha value is -1.13. The Bertz CT molecular complexity index is 1590. The van der Waals surface area contributed by atoms with Crippen LogP contribution in [0.5, 0.6) is 0 Å². The molecular formula is C43H72HfN2Si4-4. The number of hydrogen-bond acceptors (Lipinski definition) is 1. The van der Waals surface area contributed by atoms with E-state index in [1.807, 2.05) is 6.07 Å². The fourth-order valence-corrected chi connectivity index (χ4v) is 4.94. The second kappa shape index (κ2) is 18.8. The largest absolute Gasteiger partial charge is 0.468 e. The van der Waals surface area contributed by atoms with Crippen LogP contribution in [0.15, 0.2) is 60.7 Å². The van der Waals surface area contributed by atoms with Crippen LogP contribution in [0.1, 0.15) is 52.7 Å². The third-order valence-electron chi connectivity index (χ3n) is 6.39. The second-order valence-corrected chi connectivity index (χ2v) is 41.4. The van der Waals surface area contributed by atoms with E-state index in [1.165, 1.54) is 38.2 Å². The number of rotatable bonds is 4. The first-order valence-corrected chi connectivity index (χ1v) is 32.8. The van der Waals surface area contributed by atoms with Crippen molar-refractivity contribution in [3.63, 3.8) is 0 Å². The van der Waals surface area contributed by atoms with Gasteiger partial charge in [-0.1, -0.05) is 181 Å². The zero-order chi connectivity index (χ0) is 38.4. The first-order chi connectivity index (χ1) is 21.7. The normalized spacial score (nSPS) is 12.4. The van der Waals surface area contributed by atoms with Crippen molar-refractivity contribution in [1.82, 2.24) is 4.98 Å². The van der Waals surface area contributed by atoms with Gasteiger partial charge in [0.05, 0.1) is 0 Å². The maximum atomic E-state index is 5.06. The topological polar surface area (TPSA) is 27.0 Å². The zero-order valence-electron chi connectivity index (χ0n) is 35.5. The Balaban J connectivity index is 0.00000126. The van der Waals surface area contributed by atoms with Crippen molar-refractivity contribution in [2.45, 2.75) is 131 Å². The van der Waals surface area contributed by atoms with Gasteiger partial charge >= 0.3 is 0 Å². The molecule has 1 aromatic heterocycles. The van der Waals surface area contributed by atoms with Crippen molar-refractivity contribution >= 4 is 59.7 Å². The Labute approximate surface area is 333 Å². The van der Waals surface area contributed by atoms with Crippen LogP contribution in [0.4, 0.5) is 5.82 Å². The Morgan fingerprint density at radius 2 is 1.00 bits per heavy atom. The van der Waals surface area contributed by atoms with Gasteiger partial charge in [0.2, 0.25) is 0 Å². The summed E-state index contributed by atoms with van der Waals surface area (Å²) in [7, 11) is -3.87. The van der Waals surface area contributed by atoms with Gasteiger partial charge in [-0.2, -0.15) is 0 Å². The molecule has 1 heterocycles. The molecule has 0 atom stereocenters. The molecule has 4 rings (SSSR count). The molecule has 0 saturated heterocycles. The molecule has 0 N–H and O–H groups in total. The Morgan fingerprint density at radius 3 is 1.44 bits per heavy atom. The third-order valence-corrected chi connectivity index (χ3v) is 7.50. The second-order valence-electron chi connectivity index (χ2n) is 20.6. The van der Waals surface area contributed by atoms with E-state index in [0.29, 0.717) is 0 Å². The first-order valence-electron chi connectivity index (χ1n) is 17.9. The van der Waals surface area contributed by atoms with Crippen molar-refractivity contribution in [2.24, 2.45) is 0 Å². The van der Waals surface area contributed by atoms with Gasteiger partial charge in [0, 0.05) is 33.9 Å². The molecule has 2 nitrogen and oxygen atoms in total. The molecule has 0 spiro atoms. The van der Waals surface area contributed by atoms with Crippen LogP contribution in [-0.2, 0) is 36.7 Å². The van der Waals surface area contributed by atoms with Crippen molar-refractivity contribution in [3.8, 4) is 11.3 Å². The van der Waals surface area contributed by atoms with E-state index >= 15 is 0 Å². The molecular weight excluding hydrogens is 835 g/mol. The van der Waals surface area contributed by atoms with Gasteiger partial charge in [0.25, 0.3) is 0 Å². The van der Waals surface area contributed by atoms with Gasteiger partial charge in [0.15, 0.2) is 0 Å². The minimum absolute atomic E-state index is 0. The predicted octanol–water partition coefficient (Wildman–Crippen LogP) is 14.6. The summed E-state index contributed by atoms with van der Waals surface area (Å²) in [6, 6.07) is 22.5. The van der Waals surface area contributed by atoms with Crippen molar-refractivity contribution in [1.29, 1.82) is 0 Å². The zero-order valence-corrected chi connectivity index (χ0v) is 43.1. The van der Waals surface area contributed by atoms with Crippen LogP contribution in [0, 0.1) is 19.6 Å². The third kappa shape index (κ3) is 20.8. The van der Waals surface area contributed by atoms with Gasteiger partial charge in [-0.15, -0.1) is 24.2 Å². The maximum absolute atomic E-state index is 5.06. The summed E-state index contributed by atoms with van der Waals surface area (Å²) < 4.78 is 0. The molecule has 7 heteroatoms. The Kier molecular flexibility index (Phi) is 18.3. The average Bonchev–Trinajstić information content (AvgIpc) is 2.86. The van der Waals surface area contributed by atoms with Crippen molar-refractivity contribution in [2.75, 3.05) is 6.17 Å². The number of aromatic nitrogens is 1. The Morgan fingerprint density at radius 1 is 0.560 bits per heavy atom. The maximum Gasteiger partial charge on any atom is 0.0434 e. The van der Waals surface area contributed by atoms with Gasteiger partial charge in [-0.25, -0.2) is 0 Å². The molecule has 4 aromatic rings. The molecule has 50 heavy (non-hydrogen) atoms. The van der Waals surface area contributed by atoms with E-state index < -0.39 is 32.3 Å². The van der Waals surface area contributed by atoms with Crippen LogP contribution in [0.25, 0.3) is 38.1 Å². The summed E-state index contributed by atoms with van der Waals surface area (Å²) in [5, 5.41) is 9.92. The van der Waals surface area contributed by atoms with Crippen LogP contribution in [0.2, 0.25) is 78.6 Å². The first kappa shape index (κ1) is 48.9. The van der Waals surface area contributed by atoms with Gasteiger partial charge < -0.3 is 29.9 Å².